The van der Waals surface area contributed by atoms with E-state index in [1.54, 1.807) is 0 Å². The van der Waals surface area contributed by atoms with Gasteiger partial charge in [0.25, 0.3) is 0 Å². The zero-order valence-corrected chi connectivity index (χ0v) is 11.1. The van der Waals surface area contributed by atoms with Crippen LogP contribution in [0.3, 0.4) is 0 Å². The third-order valence-corrected chi connectivity index (χ3v) is 3.00. The normalized spacial score (nSPS) is 10.0. The highest BCUT2D eigenvalue weighted by atomic mass is 127. The molecule has 0 saturated heterocycles. The van der Waals surface area contributed by atoms with Crippen molar-refractivity contribution in [1.82, 2.24) is 0 Å². The summed E-state index contributed by atoms with van der Waals surface area (Å²) in [5.74, 6) is -0.235. The molecule has 2 nitrogen and oxygen atoms in total. The SMILES string of the molecule is COc1cc(F)c(I)cc1C(=O)CBr. The number of ether oxygens (including phenoxy) is 1. The maximum absolute atomic E-state index is 13.1. The second-order valence-electron chi connectivity index (χ2n) is 2.52. The molecule has 0 spiro atoms. The number of carbonyl (C=O) groups excluding carboxylic acids is 1. The number of rotatable bonds is 3. The van der Waals surface area contributed by atoms with Crippen LogP contribution in [0.15, 0.2) is 12.1 Å². The Kier molecular flexibility index (Phi) is 4.31. The van der Waals surface area contributed by atoms with E-state index in [1.807, 2.05) is 22.6 Å². The van der Waals surface area contributed by atoms with E-state index in [0.717, 1.165) is 0 Å². The summed E-state index contributed by atoms with van der Waals surface area (Å²) in [4.78, 5) is 11.4. The average molecular weight is 373 g/mol. The van der Waals surface area contributed by atoms with Gasteiger partial charge in [0.05, 0.1) is 18.0 Å². The van der Waals surface area contributed by atoms with Gasteiger partial charge in [-0.2, -0.15) is 0 Å². The summed E-state index contributed by atoms with van der Waals surface area (Å²) in [7, 11) is 1.41. The second kappa shape index (κ2) is 5.06. The molecule has 0 unspecified atom stereocenters. The molecule has 76 valence electrons. The maximum atomic E-state index is 13.1. The van der Waals surface area contributed by atoms with Gasteiger partial charge in [0.15, 0.2) is 5.78 Å². The fourth-order valence-corrected chi connectivity index (χ4v) is 1.76. The highest BCUT2D eigenvalue weighted by molar-refractivity contribution is 14.1. The fraction of sp³-hybridized carbons (Fsp3) is 0.222. The van der Waals surface area contributed by atoms with Gasteiger partial charge < -0.3 is 4.74 Å². The Morgan fingerprint density at radius 3 is 2.79 bits per heavy atom. The summed E-state index contributed by atoms with van der Waals surface area (Å²) >= 11 is 4.89. The zero-order valence-electron chi connectivity index (χ0n) is 7.31. The van der Waals surface area contributed by atoms with E-state index >= 15 is 0 Å². The molecule has 0 aromatic heterocycles. The monoisotopic (exact) mass is 372 g/mol. The molecule has 0 N–H and O–H groups in total. The largest absolute Gasteiger partial charge is 0.496 e. The molecule has 0 atom stereocenters. The van der Waals surface area contributed by atoms with E-state index in [4.69, 9.17) is 4.74 Å². The third kappa shape index (κ3) is 2.44. The minimum atomic E-state index is -0.381. The van der Waals surface area contributed by atoms with E-state index in [0.29, 0.717) is 9.13 Å². The van der Waals surface area contributed by atoms with Crippen molar-refractivity contribution in [3.05, 3.63) is 27.1 Å². The Hall–Kier alpha value is -0.170. The first-order valence-electron chi connectivity index (χ1n) is 3.72. The topological polar surface area (TPSA) is 26.3 Å². The Bertz CT molecular complexity index is 368. The Labute approximate surface area is 103 Å². The molecule has 0 heterocycles. The first-order chi connectivity index (χ1) is 6.60. The molecule has 5 heteroatoms. The van der Waals surface area contributed by atoms with Gasteiger partial charge in [-0.25, -0.2) is 4.39 Å². The average Bonchev–Trinajstić information content (AvgIpc) is 2.20. The number of benzene rings is 1. The quantitative estimate of drug-likeness (QED) is 0.463. The number of Topliss-reactive ketones (excluding diaryl/α,β-unsaturated/α-hetero) is 1. The summed E-state index contributed by atoms with van der Waals surface area (Å²) in [6.45, 7) is 0. The predicted molar refractivity (Wildman–Crippen MR) is 63.8 cm³/mol. The molecule has 1 rings (SSSR count). The zero-order chi connectivity index (χ0) is 10.7. The van der Waals surface area contributed by atoms with Crippen molar-refractivity contribution in [2.45, 2.75) is 0 Å². The lowest BCUT2D eigenvalue weighted by Gasteiger charge is -2.07. The van der Waals surface area contributed by atoms with Crippen molar-refractivity contribution < 1.29 is 13.9 Å². The highest BCUT2D eigenvalue weighted by Gasteiger charge is 2.14. The van der Waals surface area contributed by atoms with Crippen LogP contribution in [0.1, 0.15) is 10.4 Å². The fourth-order valence-electron chi connectivity index (χ4n) is 0.987. The number of alkyl halides is 1. The molecule has 0 aliphatic rings. The molecule has 0 bridgehead atoms. The molecular formula is C9H7BrFIO2. The van der Waals surface area contributed by atoms with Crippen molar-refractivity contribution in [3.8, 4) is 5.75 Å². The molecule has 0 saturated carbocycles. The molecule has 0 aliphatic heterocycles. The first kappa shape index (κ1) is 11.9. The van der Waals surface area contributed by atoms with Gasteiger partial charge in [0.1, 0.15) is 11.6 Å². The van der Waals surface area contributed by atoms with Gasteiger partial charge in [0.2, 0.25) is 0 Å². The van der Waals surface area contributed by atoms with E-state index in [1.165, 1.54) is 19.2 Å². The van der Waals surface area contributed by atoms with Crippen LogP contribution >= 0.6 is 38.5 Å². The Morgan fingerprint density at radius 1 is 1.64 bits per heavy atom. The first-order valence-corrected chi connectivity index (χ1v) is 5.92. The number of carbonyl (C=O) groups is 1. The van der Waals surface area contributed by atoms with Gasteiger partial charge in [-0.1, -0.05) is 15.9 Å². The van der Waals surface area contributed by atoms with Crippen LogP contribution in [0.5, 0.6) is 5.75 Å². The van der Waals surface area contributed by atoms with Crippen molar-refractivity contribution in [2.24, 2.45) is 0 Å². The number of halogens is 3. The minimum absolute atomic E-state index is 0.125. The lowest BCUT2D eigenvalue weighted by atomic mass is 10.1. The molecule has 1 aromatic carbocycles. The Morgan fingerprint density at radius 2 is 2.29 bits per heavy atom. The minimum Gasteiger partial charge on any atom is -0.496 e. The molecular weight excluding hydrogens is 366 g/mol. The van der Waals surface area contributed by atoms with Crippen molar-refractivity contribution >= 4 is 44.3 Å². The van der Waals surface area contributed by atoms with Gasteiger partial charge in [-0.3, -0.25) is 4.79 Å². The smallest absolute Gasteiger partial charge is 0.177 e. The van der Waals surface area contributed by atoms with Gasteiger partial charge >= 0.3 is 0 Å². The summed E-state index contributed by atoms with van der Waals surface area (Å²) in [5.41, 5.74) is 0.398. The van der Waals surface area contributed by atoms with Crippen LogP contribution in [-0.4, -0.2) is 18.2 Å². The van der Waals surface area contributed by atoms with Crippen LogP contribution in [0.4, 0.5) is 4.39 Å². The molecule has 1 aromatic rings. The predicted octanol–water partition coefficient (Wildman–Crippen LogP) is 3.02. The standard InChI is InChI=1S/C9H7BrFIO2/c1-14-9-3-6(11)7(12)2-5(9)8(13)4-10/h2-3H,4H2,1H3. The number of hydrogen-bond acceptors (Lipinski definition) is 2. The molecule has 0 radical (unpaired) electrons. The van der Waals surface area contributed by atoms with Crippen molar-refractivity contribution in [3.63, 3.8) is 0 Å². The summed E-state index contributed by atoms with van der Waals surface area (Å²) in [5, 5.41) is 0.199. The molecule has 0 fully saturated rings. The summed E-state index contributed by atoms with van der Waals surface area (Å²) < 4.78 is 18.4. The number of methoxy groups -OCH3 is 1. The summed E-state index contributed by atoms with van der Waals surface area (Å²) in [6.07, 6.45) is 0. The lowest BCUT2D eigenvalue weighted by molar-refractivity contribution is 0.102. The maximum Gasteiger partial charge on any atom is 0.177 e. The summed E-state index contributed by atoms with van der Waals surface area (Å²) in [6, 6.07) is 2.70. The van der Waals surface area contributed by atoms with Crippen LogP contribution in [-0.2, 0) is 0 Å². The van der Waals surface area contributed by atoms with Crippen LogP contribution in [0, 0.1) is 9.39 Å². The van der Waals surface area contributed by atoms with Gasteiger partial charge in [-0.15, -0.1) is 0 Å². The van der Waals surface area contributed by atoms with Crippen LogP contribution < -0.4 is 4.74 Å². The third-order valence-electron chi connectivity index (χ3n) is 1.66. The molecule has 14 heavy (non-hydrogen) atoms. The number of ketones is 1. The van der Waals surface area contributed by atoms with E-state index < -0.39 is 0 Å². The van der Waals surface area contributed by atoms with E-state index in [9.17, 15) is 9.18 Å². The Balaban J connectivity index is 3.27. The van der Waals surface area contributed by atoms with E-state index in [-0.39, 0.29) is 22.7 Å². The second-order valence-corrected chi connectivity index (χ2v) is 4.25. The van der Waals surface area contributed by atoms with Crippen LogP contribution in [0.2, 0.25) is 0 Å². The lowest BCUT2D eigenvalue weighted by Crippen LogP contribution is -2.04. The molecule has 0 amide bonds. The van der Waals surface area contributed by atoms with Gasteiger partial charge in [0, 0.05) is 9.64 Å². The van der Waals surface area contributed by atoms with Crippen LogP contribution in [0.25, 0.3) is 0 Å². The molecule has 0 aliphatic carbocycles. The van der Waals surface area contributed by atoms with Crippen molar-refractivity contribution in [1.29, 1.82) is 0 Å². The van der Waals surface area contributed by atoms with Crippen molar-refractivity contribution in [2.75, 3.05) is 12.4 Å². The van der Waals surface area contributed by atoms with E-state index in [2.05, 4.69) is 15.9 Å². The highest BCUT2D eigenvalue weighted by Crippen LogP contribution is 2.24. The van der Waals surface area contributed by atoms with Gasteiger partial charge in [-0.05, 0) is 28.7 Å². The number of hydrogen-bond donors (Lipinski definition) is 0.